The van der Waals surface area contributed by atoms with Crippen molar-refractivity contribution in [3.63, 3.8) is 0 Å². The van der Waals surface area contributed by atoms with Crippen molar-refractivity contribution in [1.29, 1.82) is 0 Å². The van der Waals surface area contributed by atoms with Gasteiger partial charge in [0.25, 0.3) is 0 Å². The second-order valence-electron chi connectivity index (χ2n) is 1.26. The van der Waals surface area contributed by atoms with Gasteiger partial charge in [0.15, 0.2) is 0 Å². The maximum absolute atomic E-state index is 5.17. The van der Waals surface area contributed by atoms with Gasteiger partial charge in [0, 0.05) is 0 Å². The molecule has 0 aromatic heterocycles. The van der Waals surface area contributed by atoms with E-state index in [-0.39, 0.29) is 0 Å². The van der Waals surface area contributed by atoms with Crippen LogP contribution in [-0.4, -0.2) is 26.7 Å². The summed E-state index contributed by atoms with van der Waals surface area (Å²) in [6, 6.07) is 0. The number of nitrogens with two attached hydrogens (primary N) is 1. The summed E-state index contributed by atoms with van der Waals surface area (Å²) in [6.45, 7) is 1.60. The SMILES string of the molecule is [B]=CNCCCN. The molecule has 0 aromatic carbocycles. The van der Waals surface area contributed by atoms with Crippen molar-refractivity contribution in [2.75, 3.05) is 13.1 Å². The molecule has 0 saturated carbocycles. The summed E-state index contributed by atoms with van der Waals surface area (Å²) in [6.07, 6.45) is 2.41. The summed E-state index contributed by atoms with van der Waals surface area (Å²) in [4.78, 5) is 0. The summed E-state index contributed by atoms with van der Waals surface area (Å²) >= 11 is 0. The first-order valence-corrected chi connectivity index (χ1v) is 2.38. The van der Waals surface area contributed by atoms with Gasteiger partial charge < -0.3 is 0 Å². The van der Waals surface area contributed by atoms with E-state index in [0.717, 1.165) is 19.5 Å². The quantitative estimate of drug-likeness (QED) is 0.343. The third kappa shape index (κ3) is 5.69. The monoisotopic (exact) mass is 97.1 g/mol. The third-order valence-electron chi connectivity index (χ3n) is 0.643. The second-order valence-corrected chi connectivity index (χ2v) is 1.26. The van der Waals surface area contributed by atoms with E-state index in [1.807, 2.05) is 0 Å². The molecule has 0 aromatic rings. The van der Waals surface area contributed by atoms with Gasteiger partial charge in [0.2, 0.25) is 0 Å². The first kappa shape index (κ1) is 6.69. The molecular weight excluding hydrogens is 86.9 g/mol. The van der Waals surface area contributed by atoms with E-state index >= 15 is 0 Å². The predicted octanol–water partition coefficient (Wildman–Crippen LogP) is -1.15. The molecular formula is C4H10BN2. The fourth-order valence-electron chi connectivity index (χ4n) is 0.287. The van der Waals surface area contributed by atoms with Gasteiger partial charge in [-0.2, -0.15) is 0 Å². The fraction of sp³-hybridized carbons (Fsp3) is 0.750. The van der Waals surface area contributed by atoms with Crippen LogP contribution in [-0.2, 0) is 0 Å². The van der Waals surface area contributed by atoms with Crippen LogP contribution in [0.15, 0.2) is 0 Å². The summed E-state index contributed by atoms with van der Waals surface area (Å²) in [7, 11) is 4.99. The zero-order valence-corrected chi connectivity index (χ0v) is 4.35. The van der Waals surface area contributed by atoms with Gasteiger partial charge in [-0.05, 0) is 0 Å². The van der Waals surface area contributed by atoms with Crippen molar-refractivity contribution >= 4 is 13.6 Å². The number of nitrogens with one attached hydrogen (secondary N) is 1. The van der Waals surface area contributed by atoms with E-state index in [9.17, 15) is 0 Å². The zero-order chi connectivity index (χ0) is 5.54. The average Bonchev–Trinajstić information content (AvgIpc) is 1.69. The first-order valence-electron chi connectivity index (χ1n) is 2.38. The Morgan fingerprint density at radius 2 is 2.43 bits per heavy atom. The van der Waals surface area contributed by atoms with E-state index in [1.54, 1.807) is 0 Å². The molecule has 0 bridgehead atoms. The van der Waals surface area contributed by atoms with Gasteiger partial charge in [0.05, 0.1) is 0 Å². The molecule has 7 heavy (non-hydrogen) atoms. The molecule has 2 nitrogen and oxygen atoms in total. The molecule has 0 amide bonds. The Morgan fingerprint density at radius 3 is 2.86 bits per heavy atom. The third-order valence-corrected chi connectivity index (χ3v) is 0.643. The molecule has 0 atom stereocenters. The van der Waals surface area contributed by atoms with Crippen molar-refractivity contribution in [3.05, 3.63) is 0 Å². The van der Waals surface area contributed by atoms with Crippen LogP contribution in [0.25, 0.3) is 0 Å². The average molecular weight is 97.0 g/mol. The van der Waals surface area contributed by atoms with Gasteiger partial charge in [-0.15, -0.1) is 0 Å². The van der Waals surface area contributed by atoms with Crippen molar-refractivity contribution in [2.45, 2.75) is 6.42 Å². The minimum absolute atomic E-state index is 0.723. The molecule has 39 valence electrons. The Morgan fingerprint density at radius 1 is 1.71 bits per heavy atom. The summed E-state index contributed by atoms with van der Waals surface area (Å²) in [5.41, 5.74) is 5.17. The topological polar surface area (TPSA) is 38.0 Å². The van der Waals surface area contributed by atoms with Gasteiger partial charge in [-0.1, -0.05) is 0 Å². The van der Waals surface area contributed by atoms with E-state index in [4.69, 9.17) is 13.2 Å². The van der Waals surface area contributed by atoms with Crippen molar-refractivity contribution in [2.24, 2.45) is 5.73 Å². The van der Waals surface area contributed by atoms with E-state index in [1.165, 1.54) is 6.09 Å². The molecule has 0 rings (SSSR count). The predicted molar refractivity (Wildman–Crippen MR) is 33.5 cm³/mol. The molecule has 1 radical (unpaired) electrons. The Labute approximate surface area is 45.2 Å². The van der Waals surface area contributed by atoms with Crippen LogP contribution in [0.3, 0.4) is 0 Å². The Kier molecular flexibility index (Phi) is 5.45. The molecule has 0 aliphatic heterocycles. The maximum atomic E-state index is 5.17. The molecule has 0 unspecified atom stereocenters. The van der Waals surface area contributed by atoms with Gasteiger partial charge >= 0.3 is 44.1 Å². The van der Waals surface area contributed by atoms with Crippen molar-refractivity contribution in [1.82, 2.24) is 5.32 Å². The fourth-order valence-corrected chi connectivity index (χ4v) is 0.287. The van der Waals surface area contributed by atoms with E-state index in [0.29, 0.717) is 0 Å². The summed E-state index contributed by atoms with van der Waals surface area (Å²) in [5.74, 6) is 0. The Bertz CT molecular complexity index is 47.0. The van der Waals surface area contributed by atoms with Crippen LogP contribution in [0.2, 0.25) is 0 Å². The van der Waals surface area contributed by atoms with Crippen molar-refractivity contribution in [3.8, 4) is 0 Å². The van der Waals surface area contributed by atoms with Gasteiger partial charge in [0.1, 0.15) is 0 Å². The molecule has 0 aliphatic carbocycles. The van der Waals surface area contributed by atoms with E-state index < -0.39 is 0 Å². The van der Waals surface area contributed by atoms with Crippen LogP contribution in [0.4, 0.5) is 0 Å². The van der Waals surface area contributed by atoms with Crippen LogP contribution in [0.5, 0.6) is 0 Å². The van der Waals surface area contributed by atoms with Gasteiger partial charge in [-0.3, -0.25) is 0 Å². The second kappa shape index (κ2) is 5.69. The molecule has 3 N–H and O–H groups in total. The molecule has 0 fully saturated rings. The minimum atomic E-state index is 0.723. The molecule has 0 spiro atoms. The molecule has 0 aliphatic rings. The first-order chi connectivity index (χ1) is 3.41. The van der Waals surface area contributed by atoms with Crippen LogP contribution >= 0.6 is 0 Å². The molecule has 0 heterocycles. The number of hydrogen-bond donors (Lipinski definition) is 2. The Balaban J connectivity index is 2.56. The summed E-state index contributed by atoms with van der Waals surface area (Å²) in [5, 5.41) is 2.82. The van der Waals surface area contributed by atoms with E-state index in [2.05, 4.69) is 5.32 Å². The number of hydrogen-bond acceptors (Lipinski definition) is 2. The Hall–Kier alpha value is -0.305. The van der Waals surface area contributed by atoms with Crippen LogP contribution < -0.4 is 11.1 Å². The van der Waals surface area contributed by atoms with Crippen molar-refractivity contribution < 1.29 is 0 Å². The molecule has 0 saturated heterocycles. The molecule has 3 heteroatoms. The summed E-state index contributed by atoms with van der Waals surface area (Å²) < 4.78 is 0. The standard InChI is InChI=1S/C4H10BN2/c5-4-7-3-1-2-6/h4,7H,1-3,6H2. The van der Waals surface area contributed by atoms with Crippen LogP contribution in [0, 0.1) is 0 Å². The normalized spacial score (nSPS) is 8.00. The van der Waals surface area contributed by atoms with Crippen LogP contribution in [0.1, 0.15) is 6.42 Å². The van der Waals surface area contributed by atoms with Gasteiger partial charge in [-0.25, -0.2) is 0 Å². The number of rotatable bonds is 4. The zero-order valence-electron chi connectivity index (χ0n) is 4.35.